The van der Waals surface area contributed by atoms with Gasteiger partial charge in [0, 0.05) is 32.8 Å². The molecule has 0 spiro atoms. The van der Waals surface area contributed by atoms with E-state index in [1.54, 1.807) is 7.11 Å². The number of rotatable bonds is 10. The Morgan fingerprint density at radius 2 is 1.62 bits per heavy atom. The van der Waals surface area contributed by atoms with Crippen molar-refractivity contribution < 1.29 is 9.53 Å². The highest BCUT2D eigenvalue weighted by molar-refractivity contribution is 5.85. The Kier molecular flexibility index (Phi) is 18.3. The van der Waals surface area contributed by atoms with Crippen LogP contribution in [0.25, 0.3) is 0 Å². The van der Waals surface area contributed by atoms with Gasteiger partial charge in [-0.05, 0) is 20.0 Å². The molecule has 0 aromatic rings. The van der Waals surface area contributed by atoms with E-state index in [9.17, 15) is 4.79 Å². The predicted octanol–water partition coefficient (Wildman–Crippen LogP) is 1.63. The lowest BCUT2D eigenvalue weighted by Gasteiger charge is -2.29. The number of hydrogen-bond donors (Lipinski definition) is 1. The molecule has 0 saturated carbocycles. The van der Waals surface area contributed by atoms with Crippen LogP contribution in [-0.4, -0.2) is 68.2 Å². The number of carbonyl (C=O) groups excluding carboxylic acids is 1. The highest BCUT2D eigenvalue weighted by Crippen LogP contribution is 2.06. The van der Waals surface area contributed by atoms with Crippen LogP contribution in [0.2, 0.25) is 0 Å². The molecule has 0 aliphatic rings. The van der Waals surface area contributed by atoms with E-state index in [2.05, 4.69) is 18.7 Å². The minimum absolute atomic E-state index is 0. The molecule has 0 rings (SSSR count). The second kappa shape index (κ2) is 14.9. The summed E-state index contributed by atoms with van der Waals surface area (Å²) in [5.74, 6) is -0.0206. The molecule has 0 heterocycles. The fourth-order valence-electron chi connectivity index (χ4n) is 1.85. The summed E-state index contributed by atoms with van der Waals surface area (Å²) < 4.78 is 5.08. The first-order valence-electron chi connectivity index (χ1n) is 7.23. The van der Waals surface area contributed by atoms with E-state index in [0.29, 0.717) is 13.2 Å². The summed E-state index contributed by atoms with van der Waals surface area (Å²) in [5, 5.41) is 0. The number of hydrogen-bond acceptors (Lipinski definition) is 4. The van der Waals surface area contributed by atoms with E-state index in [-0.39, 0.29) is 42.7 Å². The average Bonchev–Trinajstić information content (AvgIpc) is 2.41. The average molecular weight is 346 g/mol. The van der Waals surface area contributed by atoms with Crippen LogP contribution in [0.5, 0.6) is 0 Å². The maximum atomic E-state index is 12.4. The van der Waals surface area contributed by atoms with Crippen molar-refractivity contribution in [2.75, 3.05) is 46.4 Å². The summed E-state index contributed by atoms with van der Waals surface area (Å²) in [7, 11) is 1.65. The molecule has 21 heavy (non-hydrogen) atoms. The molecule has 7 heteroatoms. The second-order valence-corrected chi connectivity index (χ2v) is 4.99. The largest absolute Gasteiger partial charge is 0.383 e. The van der Waals surface area contributed by atoms with Crippen LogP contribution in [0.15, 0.2) is 0 Å². The number of likely N-dealkylation sites (N-methyl/N-ethyl adjacent to an activating group) is 1. The van der Waals surface area contributed by atoms with Crippen molar-refractivity contribution >= 4 is 30.7 Å². The molecule has 1 amide bonds. The van der Waals surface area contributed by atoms with E-state index < -0.39 is 0 Å². The molecule has 2 N–H and O–H groups in total. The minimum atomic E-state index is -0.145. The molecule has 0 saturated heterocycles. The van der Waals surface area contributed by atoms with Crippen molar-refractivity contribution in [3.8, 4) is 0 Å². The van der Waals surface area contributed by atoms with Gasteiger partial charge in [0.05, 0.1) is 12.5 Å². The first-order chi connectivity index (χ1) is 8.97. The number of nitrogens with zero attached hydrogens (tertiary/aromatic N) is 2. The summed E-state index contributed by atoms with van der Waals surface area (Å²) >= 11 is 0. The summed E-state index contributed by atoms with van der Waals surface area (Å²) in [5.41, 5.74) is 5.82. The molecule has 2 unspecified atom stereocenters. The molecule has 2 atom stereocenters. The van der Waals surface area contributed by atoms with Gasteiger partial charge in [0.25, 0.3) is 0 Å². The molecule has 130 valence electrons. The first kappa shape index (κ1) is 25.9. The molecular formula is C14H33Cl2N3O2. The zero-order chi connectivity index (χ0) is 14.8. The van der Waals surface area contributed by atoms with Crippen LogP contribution in [0, 0.1) is 5.92 Å². The van der Waals surface area contributed by atoms with E-state index in [4.69, 9.17) is 10.5 Å². The Hall–Kier alpha value is -0.0700. The third kappa shape index (κ3) is 10.3. The maximum absolute atomic E-state index is 12.4. The SMILES string of the molecule is CCN(CC)CCN(CCOC)C(=O)C(C)C(C)N.Cl.Cl. The second-order valence-electron chi connectivity index (χ2n) is 4.99. The maximum Gasteiger partial charge on any atom is 0.227 e. The topological polar surface area (TPSA) is 58.8 Å². The van der Waals surface area contributed by atoms with Crippen LogP contribution < -0.4 is 5.73 Å². The Labute approximate surface area is 142 Å². The van der Waals surface area contributed by atoms with Crippen LogP contribution in [0.3, 0.4) is 0 Å². The van der Waals surface area contributed by atoms with Gasteiger partial charge in [-0.1, -0.05) is 20.8 Å². The highest BCUT2D eigenvalue weighted by atomic mass is 35.5. The standard InChI is InChI=1S/C14H31N3O2.2ClH/c1-6-16(7-2)8-9-17(10-11-19-5)14(18)12(3)13(4)15;;/h12-13H,6-11,15H2,1-5H3;2*1H. The van der Waals surface area contributed by atoms with Crippen molar-refractivity contribution in [3.63, 3.8) is 0 Å². The summed E-state index contributed by atoms with van der Waals surface area (Å²) in [4.78, 5) is 16.5. The lowest BCUT2D eigenvalue weighted by Crippen LogP contribution is -2.46. The molecule has 0 aromatic heterocycles. The summed E-state index contributed by atoms with van der Waals surface area (Å²) in [6, 6.07) is -0.119. The van der Waals surface area contributed by atoms with E-state index >= 15 is 0 Å². The Morgan fingerprint density at radius 1 is 1.10 bits per heavy atom. The normalized spacial score (nSPS) is 13.1. The molecule has 0 aromatic carbocycles. The van der Waals surface area contributed by atoms with Crippen LogP contribution in [-0.2, 0) is 9.53 Å². The van der Waals surface area contributed by atoms with Crippen LogP contribution in [0.1, 0.15) is 27.7 Å². The van der Waals surface area contributed by atoms with Crippen molar-refractivity contribution in [1.82, 2.24) is 9.80 Å². The van der Waals surface area contributed by atoms with Crippen molar-refractivity contribution in [2.24, 2.45) is 11.7 Å². The molecule has 0 aliphatic carbocycles. The molecular weight excluding hydrogens is 313 g/mol. The van der Waals surface area contributed by atoms with Gasteiger partial charge in [-0.25, -0.2) is 0 Å². The highest BCUT2D eigenvalue weighted by Gasteiger charge is 2.23. The quantitative estimate of drug-likeness (QED) is 0.653. The lowest BCUT2D eigenvalue weighted by atomic mass is 10.0. The van der Waals surface area contributed by atoms with Gasteiger partial charge in [-0.15, -0.1) is 24.8 Å². The van der Waals surface area contributed by atoms with Crippen molar-refractivity contribution in [1.29, 1.82) is 0 Å². The van der Waals surface area contributed by atoms with Gasteiger partial charge < -0.3 is 20.3 Å². The molecule has 5 nitrogen and oxygen atoms in total. The van der Waals surface area contributed by atoms with Gasteiger partial charge in [0.2, 0.25) is 5.91 Å². The third-order valence-electron chi connectivity index (χ3n) is 3.64. The number of ether oxygens (including phenoxy) is 1. The van der Waals surface area contributed by atoms with Crippen molar-refractivity contribution in [3.05, 3.63) is 0 Å². The number of nitrogens with two attached hydrogens (primary N) is 1. The number of carbonyl (C=O) groups is 1. The van der Waals surface area contributed by atoms with Crippen LogP contribution >= 0.6 is 24.8 Å². The Morgan fingerprint density at radius 3 is 2.00 bits per heavy atom. The number of halogens is 2. The molecule has 0 aliphatic heterocycles. The van der Waals surface area contributed by atoms with Gasteiger partial charge in [-0.2, -0.15) is 0 Å². The number of methoxy groups -OCH3 is 1. The molecule has 0 fully saturated rings. The summed E-state index contributed by atoms with van der Waals surface area (Å²) in [6.45, 7) is 12.9. The zero-order valence-corrected chi connectivity index (χ0v) is 15.6. The first-order valence-corrected chi connectivity index (χ1v) is 7.23. The predicted molar refractivity (Wildman–Crippen MR) is 93.6 cm³/mol. The van der Waals surface area contributed by atoms with Gasteiger partial charge in [0.15, 0.2) is 0 Å². The zero-order valence-electron chi connectivity index (χ0n) is 14.0. The van der Waals surface area contributed by atoms with Gasteiger partial charge in [0.1, 0.15) is 0 Å². The summed E-state index contributed by atoms with van der Waals surface area (Å²) in [6.07, 6.45) is 0. The fraction of sp³-hybridized carbons (Fsp3) is 0.929. The van der Waals surface area contributed by atoms with E-state index in [1.165, 1.54) is 0 Å². The molecule has 0 radical (unpaired) electrons. The van der Waals surface area contributed by atoms with Crippen molar-refractivity contribution in [2.45, 2.75) is 33.7 Å². The Balaban J connectivity index is -0.00000162. The minimum Gasteiger partial charge on any atom is -0.383 e. The van der Waals surface area contributed by atoms with Gasteiger partial charge in [-0.3, -0.25) is 4.79 Å². The lowest BCUT2D eigenvalue weighted by molar-refractivity contribution is -0.136. The molecule has 0 bridgehead atoms. The van der Waals surface area contributed by atoms with E-state index in [1.807, 2.05) is 18.7 Å². The smallest absolute Gasteiger partial charge is 0.227 e. The van der Waals surface area contributed by atoms with Crippen LogP contribution in [0.4, 0.5) is 0 Å². The monoisotopic (exact) mass is 345 g/mol. The number of amides is 1. The van der Waals surface area contributed by atoms with Gasteiger partial charge >= 0.3 is 0 Å². The van der Waals surface area contributed by atoms with E-state index in [0.717, 1.165) is 26.2 Å². The Bertz CT molecular complexity index is 252. The third-order valence-corrected chi connectivity index (χ3v) is 3.64. The fourth-order valence-corrected chi connectivity index (χ4v) is 1.85.